The molecule has 0 N–H and O–H groups in total. The fourth-order valence-electron chi connectivity index (χ4n) is 2.95. The van der Waals surface area contributed by atoms with Crippen LogP contribution in [0.15, 0.2) is 28.8 Å². The SMILES string of the molecule is CCC(=O)N(Cc1ccc(-c2noc(C(F)(F)F)n2)cc1)CC1CCCO1. The standard InChI is InChI=1S/C18H20F3N3O3/c1-2-15(25)24(11-14-4-3-9-26-14)10-12-5-7-13(8-6-12)16-22-17(27-23-16)18(19,20)21/h5-8,14H,2-4,9-11H2,1H3. The molecule has 1 fully saturated rings. The summed E-state index contributed by atoms with van der Waals surface area (Å²) in [5.74, 6) is -1.48. The number of nitrogens with zero attached hydrogens (tertiary/aromatic N) is 3. The summed E-state index contributed by atoms with van der Waals surface area (Å²) >= 11 is 0. The van der Waals surface area contributed by atoms with Crippen molar-refractivity contribution in [2.24, 2.45) is 0 Å². The molecule has 1 atom stereocenters. The first-order valence-electron chi connectivity index (χ1n) is 8.76. The summed E-state index contributed by atoms with van der Waals surface area (Å²) in [6.45, 7) is 3.47. The maximum Gasteiger partial charge on any atom is 0.471 e. The summed E-state index contributed by atoms with van der Waals surface area (Å²) in [6.07, 6.45) is -2.29. The fraction of sp³-hybridized carbons (Fsp3) is 0.500. The molecule has 1 aromatic carbocycles. The number of benzene rings is 1. The van der Waals surface area contributed by atoms with Crippen molar-refractivity contribution in [2.45, 2.75) is 45.0 Å². The van der Waals surface area contributed by atoms with Crippen LogP contribution in [-0.4, -0.2) is 40.2 Å². The van der Waals surface area contributed by atoms with E-state index in [0.29, 0.717) is 25.1 Å². The van der Waals surface area contributed by atoms with Crippen LogP contribution in [0.25, 0.3) is 11.4 Å². The Morgan fingerprint density at radius 1 is 1.30 bits per heavy atom. The van der Waals surface area contributed by atoms with Crippen molar-refractivity contribution in [3.63, 3.8) is 0 Å². The van der Waals surface area contributed by atoms with Crippen LogP contribution < -0.4 is 0 Å². The molecule has 0 radical (unpaired) electrons. The molecule has 1 aliphatic rings. The van der Waals surface area contributed by atoms with Crippen LogP contribution in [-0.2, 0) is 22.3 Å². The van der Waals surface area contributed by atoms with Crippen molar-refractivity contribution < 1.29 is 27.2 Å². The Hall–Kier alpha value is -2.42. The van der Waals surface area contributed by atoms with E-state index in [9.17, 15) is 18.0 Å². The van der Waals surface area contributed by atoms with Gasteiger partial charge in [-0.15, -0.1) is 0 Å². The Morgan fingerprint density at radius 3 is 2.59 bits per heavy atom. The number of halogens is 3. The number of hydrogen-bond donors (Lipinski definition) is 0. The third-order valence-corrected chi connectivity index (χ3v) is 4.36. The molecule has 0 bridgehead atoms. The maximum absolute atomic E-state index is 12.6. The molecule has 0 spiro atoms. The molecular formula is C18H20F3N3O3. The molecule has 1 aliphatic heterocycles. The molecule has 0 aliphatic carbocycles. The fourth-order valence-corrected chi connectivity index (χ4v) is 2.95. The molecule has 3 rings (SSSR count). The third kappa shape index (κ3) is 4.85. The van der Waals surface area contributed by atoms with E-state index in [4.69, 9.17) is 4.74 Å². The zero-order valence-electron chi connectivity index (χ0n) is 14.8. The van der Waals surface area contributed by atoms with Crippen LogP contribution in [0.1, 0.15) is 37.6 Å². The van der Waals surface area contributed by atoms with Crippen molar-refractivity contribution >= 4 is 5.91 Å². The van der Waals surface area contributed by atoms with Gasteiger partial charge in [0, 0.05) is 31.7 Å². The molecule has 1 unspecified atom stereocenters. The van der Waals surface area contributed by atoms with Crippen LogP contribution in [0, 0.1) is 0 Å². The zero-order chi connectivity index (χ0) is 19.4. The van der Waals surface area contributed by atoms with Gasteiger partial charge in [0.25, 0.3) is 0 Å². The van der Waals surface area contributed by atoms with Gasteiger partial charge in [0.1, 0.15) is 0 Å². The number of hydrogen-bond acceptors (Lipinski definition) is 5. The van der Waals surface area contributed by atoms with Crippen molar-refractivity contribution in [1.29, 1.82) is 0 Å². The first kappa shape index (κ1) is 19.3. The molecular weight excluding hydrogens is 363 g/mol. The zero-order valence-corrected chi connectivity index (χ0v) is 14.8. The lowest BCUT2D eigenvalue weighted by Gasteiger charge is -2.25. The second-order valence-corrected chi connectivity index (χ2v) is 6.38. The lowest BCUT2D eigenvalue weighted by molar-refractivity contribution is -0.159. The monoisotopic (exact) mass is 383 g/mol. The van der Waals surface area contributed by atoms with E-state index in [0.717, 1.165) is 25.0 Å². The van der Waals surface area contributed by atoms with Crippen LogP contribution in [0.3, 0.4) is 0 Å². The molecule has 1 saturated heterocycles. The normalized spacial score (nSPS) is 17.3. The van der Waals surface area contributed by atoms with Gasteiger partial charge in [-0.25, -0.2) is 0 Å². The second-order valence-electron chi connectivity index (χ2n) is 6.38. The van der Waals surface area contributed by atoms with Crippen molar-refractivity contribution in [2.75, 3.05) is 13.2 Å². The summed E-state index contributed by atoms with van der Waals surface area (Å²) in [7, 11) is 0. The van der Waals surface area contributed by atoms with Crippen LogP contribution >= 0.6 is 0 Å². The van der Waals surface area contributed by atoms with Gasteiger partial charge in [0.15, 0.2) is 0 Å². The molecule has 2 heterocycles. The number of aromatic nitrogens is 2. The van der Waals surface area contributed by atoms with E-state index in [1.165, 1.54) is 0 Å². The van der Waals surface area contributed by atoms with Gasteiger partial charge in [0.2, 0.25) is 11.7 Å². The minimum Gasteiger partial charge on any atom is -0.376 e. The van der Waals surface area contributed by atoms with E-state index in [-0.39, 0.29) is 17.8 Å². The van der Waals surface area contributed by atoms with Crippen LogP contribution in [0.2, 0.25) is 0 Å². The first-order chi connectivity index (χ1) is 12.9. The average Bonchev–Trinajstić information content (AvgIpc) is 3.32. The highest BCUT2D eigenvalue weighted by molar-refractivity contribution is 5.75. The Morgan fingerprint density at radius 2 is 2.04 bits per heavy atom. The molecule has 9 heteroatoms. The van der Waals surface area contributed by atoms with Gasteiger partial charge in [-0.2, -0.15) is 18.2 Å². The van der Waals surface area contributed by atoms with Gasteiger partial charge in [-0.3, -0.25) is 4.79 Å². The number of alkyl halides is 3. The highest BCUT2D eigenvalue weighted by atomic mass is 19.4. The predicted molar refractivity (Wildman–Crippen MR) is 89.4 cm³/mol. The minimum atomic E-state index is -4.67. The molecule has 1 aromatic heterocycles. The molecule has 27 heavy (non-hydrogen) atoms. The number of amides is 1. The summed E-state index contributed by atoms with van der Waals surface area (Å²) in [6, 6.07) is 6.71. The lowest BCUT2D eigenvalue weighted by atomic mass is 10.1. The highest BCUT2D eigenvalue weighted by Gasteiger charge is 2.38. The lowest BCUT2D eigenvalue weighted by Crippen LogP contribution is -2.36. The molecule has 2 aromatic rings. The largest absolute Gasteiger partial charge is 0.471 e. The number of rotatable bonds is 6. The Kier molecular flexibility index (Phi) is 5.79. The first-order valence-corrected chi connectivity index (χ1v) is 8.76. The summed E-state index contributed by atoms with van der Waals surface area (Å²) in [4.78, 5) is 17.3. The number of carbonyl (C=O) groups is 1. The molecule has 6 nitrogen and oxygen atoms in total. The Labute approximate surface area is 154 Å². The van der Waals surface area contributed by atoms with E-state index in [1.54, 1.807) is 29.2 Å². The quantitative estimate of drug-likeness (QED) is 0.761. The van der Waals surface area contributed by atoms with Gasteiger partial charge in [0.05, 0.1) is 6.10 Å². The van der Waals surface area contributed by atoms with Crippen molar-refractivity contribution in [3.8, 4) is 11.4 Å². The van der Waals surface area contributed by atoms with Gasteiger partial charge in [-0.05, 0) is 18.4 Å². The molecule has 0 saturated carbocycles. The number of carbonyl (C=O) groups excluding carboxylic acids is 1. The second kappa shape index (κ2) is 8.08. The van der Waals surface area contributed by atoms with Crippen LogP contribution in [0.4, 0.5) is 13.2 Å². The van der Waals surface area contributed by atoms with E-state index in [1.807, 2.05) is 6.92 Å². The topological polar surface area (TPSA) is 68.5 Å². The van der Waals surface area contributed by atoms with Gasteiger partial charge >= 0.3 is 12.1 Å². The van der Waals surface area contributed by atoms with Crippen molar-refractivity contribution in [1.82, 2.24) is 15.0 Å². The third-order valence-electron chi connectivity index (χ3n) is 4.36. The van der Waals surface area contributed by atoms with Gasteiger partial charge < -0.3 is 14.2 Å². The smallest absolute Gasteiger partial charge is 0.376 e. The van der Waals surface area contributed by atoms with E-state index < -0.39 is 12.1 Å². The predicted octanol–water partition coefficient (Wildman–Crippen LogP) is 3.67. The highest BCUT2D eigenvalue weighted by Crippen LogP contribution is 2.29. The van der Waals surface area contributed by atoms with E-state index in [2.05, 4.69) is 14.7 Å². The average molecular weight is 383 g/mol. The van der Waals surface area contributed by atoms with Gasteiger partial charge in [-0.1, -0.05) is 36.3 Å². The van der Waals surface area contributed by atoms with Crippen LogP contribution in [0.5, 0.6) is 0 Å². The molecule has 1 amide bonds. The summed E-state index contributed by atoms with van der Waals surface area (Å²) in [5, 5.41) is 3.37. The Balaban J connectivity index is 1.69. The van der Waals surface area contributed by atoms with Crippen molar-refractivity contribution in [3.05, 3.63) is 35.7 Å². The number of ether oxygens (including phenoxy) is 1. The van der Waals surface area contributed by atoms with E-state index >= 15 is 0 Å². The maximum atomic E-state index is 12.6. The summed E-state index contributed by atoms with van der Waals surface area (Å²) in [5.41, 5.74) is 1.27. The summed E-state index contributed by atoms with van der Waals surface area (Å²) < 4.78 is 47.5. The Bertz CT molecular complexity index is 768. The molecule has 146 valence electrons. The minimum absolute atomic E-state index is 0.0302.